The van der Waals surface area contributed by atoms with Crippen LogP contribution in [0, 0.1) is 0 Å². The summed E-state index contributed by atoms with van der Waals surface area (Å²) in [6, 6.07) is 32.3. The summed E-state index contributed by atoms with van der Waals surface area (Å²) in [6.45, 7) is 3.33. The second-order valence-electron chi connectivity index (χ2n) is 10.4. The minimum absolute atomic E-state index is 0.0120. The molecule has 0 aliphatic heterocycles. The Kier molecular flexibility index (Phi) is 10.6. The molecule has 0 radical (unpaired) electrons. The van der Waals surface area contributed by atoms with Gasteiger partial charge >= 0.3 is 0 Å². The highest BCUT2D eigenvalue weighted by Gasteiger charge is 2.34. The van der Waals surface area contributed by atoms with Crippen molar-refractivity contribution in [1.29, 1.82) is 0 Å². The molecular weight excluding hydrogens is 562 g/mol. The Hall–Kier alpha value is -4.63. The number of sulfonamides is 1. The summed E-state index contributed by atoms with van der Waals surface area (Å²) < 4.78 is 34.3. The Morgan fingerprint density at radius 3 is 1.84 bits per heavy atom. The molecule has 0 saturated carbocycles. The van der Waals surface area contributed by atoms with Crippen LogP contribution in [0.5, 0.6) is 5.75 Å². The third-order valence-corrected chi connectivity index (χ3v) is 8.66. The lowest BCUT2D eigenvalue weighted by Gasteiger charge is -2.34. The van der Waals surface area contributed by atoms with Crippen LogP contribution in [-0.4, -0.2) is 50.9 Å². The van der Waals surface area contributed by atoms with Gasteiger partial charge in [-0.3, -0.25) is 13.9 Å². The summed E-state index contributed by atoms with van der Waals surface area (Å²) in [6.07, 6.45) is 0.258. The van der Waals surface area contributed by atoms with E-state index >= 15 is 0 Å². The summed E-state index contributed by atoms with van der Waals surface area (Å²) in [4.78, 5) is 29.5. The van der Waals surface area contributed by atoms with Crippen molar-refractivity contribution in [2.75, 3.05) is 18.0 Å². The van der Waals surface area contributed by atoms with Gasteiger partial charge in [0.2, 0.25) is 11.8 Å². The van der Waals surface area contributed by atoms with Crippen molar-refractivity contribution in [3.63, 3.8) is 0 Å². The van der Waals surface area contributed by atoms with E-state index in [0.717, 1.165) is 15.4 Å². The van der Waals surface area contributed by atoms with Crippen LogP contribution in [0.15, 0.2) is 120 Å². The number of nitrogens with one attached hydrogen (secondary N) is 1. The molecule has 0 spiro atoms. The first-order chi connectivity index (χ1) is 20.7. The van der Waals surface area contributed by atoms with Crippen molar-refractivity contribution in [3.05, 3.63) is 126 Å². The minimum atomic E-state index is -4.17. The molecular formula is C34H37N3O5S. The van der Waals surface area contributed by atoms with Gasteiger partial charge in [-0.15, -0.1) is 0 Å². The molecule has 1 N–H and O–H groups in total. The van der Waals surface area contributed by atoms with E-state index in [0.29, 0.717) is 11.4 Å². The predicted molar refractivity (Wildman–Crippen MR) is 168 cm³/mol. The zero-order chi connectivity index (χ0) is 30.8. The lowest BCUT2D eigenvalue weighted by Crippen LogP contribution is -2.54. The summed E-state index contributed by atoms with van der Waals surface area (Å²) >= 11 is 0. The highest BCUT2D eigenvalue weighted by molar-refractivity contribution is 7.92. The van der Waals surface area contributed by atoms with Gasteiger partial charge in [-0.05, 0) is 61.4 Å². The van der Waals surface area contributed by atoms with Crippen LogP contribution < -0.4 is 14.4 Å². The average Bonchev–Trinajstić information content (AvgIpc) is 3.02. The smallest absolute Gasteiger partial charge is 0.264 e. The molecule has 0 saturated heterocycles. The molecule has 0 aliphatic carbocycles. The number of nitrogens with zero attached hydrogens (tertiary/aromatic N) is 2. The number of para-hydroxylation sites is 1. The van der Waals surface area contributed by atoms with E-state index in [2.05, 4.69) is 5.32 Å². The molecule has 2 amide bonds. The molecule has 0 bridgehead atoms. The molecule has 43 heavy (non-hydrogen) atoms. The summed E-state index contributed by atoms with van der Waals surface area (Å²) in [5, 5.41) is 2.96. The zero-order valence-electron chi connectivity index (χ0n) is 24.6. The molecule has 4 aromatic carbocycles. The largest absolute Gasteiger partial charge is 0.497 e. The van der Waals surface area contributed by atoms with Gasteiger partial charge in [-0.1, -0.05) is 78.9 Å². The summed E-state index contributed by atoms with van der Waals surface area (Å²) in [5.41, 5.74) is 2.02. The minimum Gasteiger partial charge on any atom is -0.497 e. The Labute approximate surface area is 254 Å². The zero-order valence-corrected chi connectivity index (χ0v) is 25.4. The van der Waals surface area contributed by atoms with Crippen LogP contribution >= 0.6 is 0 Å². The number of benzene rings is 4. The molecule has 1 unspecified atom stereocenters. The van der Waals surface area contributed by atoms with Crippen LogP contribution in [0.4, 0.5) is 5.69 Å². The standard InChI is InChI=1S/C34H37N3O5S/c1-26(2)35-34(39)32(23-27-13-7-4-8-14-27)36(24-28-15-9-5-10-16-28)33(38)25-37(29-17-11-6-12-18-29)43(40,41)31-21-19-30(42-3)20-22-31/h4-22,26,32H,23-25H2,1-3H3,(H,35,39). The number of carbonyl (C=O) groups excluding carboxylic acids is 2. The maximum atomic E-state index is 14.4. The first-order valence-electron chi connectivity index (χ1n) is 14.1. The molecule has 0 heterocycles. The average molecular weight is 600 g/mol. The topological polar surface area (TPSA) is 96.0 Å². The molecule has 4 rings (SSSR count). The first kappa shape index (κ1) is 31.3. The highest BCUT2D eigenvalue weighted by Crippen LogP contribution is 2.26. The Bertz CT molecular complexity index is 1580. The molecule has 0 fully saturated rings. The fourth-order valence-corrected chi connectivity index (χ4v) is 6.13. The normalized spacial score (nSPS) is 11.9. The predicted octanol–water partition coefficient (Wildman–Crippen LogP) is 5.06. The SMILES string of the molecule is COc1ccc(S(=O)(=O)N(CC(=O)N(Cc2ccccc2)C(Cc2ccccc2)C(=O)NC(C)C)c2ccccc2)cc1. The van der Waals surface area contributed by atoms with Crippen molar-refractivity contribution in [1.82, 2.24) is 10.2 Å². The number of methoxy groups -OCH3 is 1. The number of amides is 2. The first-order valence-corrected chi connectivity index (χ1v) is 15.5. The van der Waals surface area contributed by atoms with Crippen LogP contribution in [0.3, 0.4) is 0 Å². The van der Waals surface area contributed by atoms with E-state index in [1.807, 2.05) is 74.5 Å². The number of carbonyl (C=O) groups is 2. The van der Waals surface area contributed by atoms with Gasteiger partial charge in [0.15, 0.2) is 0 Å². The number of anilines is 1. The fourth-order valence-electron chi connectivity index (χ4n) is 4.71. The van der Waals surface area contributed by atoms with Gasteiger partial charge in [0.25, 0.3) is 10.0 Å². The van der Waals surface area contributed by atoms with Gasteiger partial charge in [-0.2, -0.15) is 0 Å². The lowest BCUT2D eigenvalue weighted by atomic mass is 10.0. The van der Waals surface area contributed by atoms with Crippen LogP contribution in [0.2, 0.25) is 0 Å². The molecule has 0 aliphatic rings. The third kappa shape index (κ3) is 8.23. The van der Waals surface area contributed by atoms with Gasteiger partial charge in [0.1, 0.15) is 18.3 Å². The van der Waals surface area contributed by atoms with Crippen LogP contribution in [0.25, 0.3) is 0 Å². The maximum absolute atomic E-state index is 14.4. The molecule has 224 valence electrons. The van der Waals surface area contributed by atoms with E-state index < -0.39 is 28.5 Å². The van der Waals surface area contributed by atoms with Gasteiger partial charge in [-0.25, -0.2) is 8.42 Å². The van der Waals surface area contributed by atoms with Crippen molar-refractivity contribution in [2.24, 2.45) is 0 Å². The maximum Gasteiger partial charge on any atom is 0.264 e. The van der Waals surface area contributed by atoms with Crippen molar-refractivity contribution < 1.29 is 22.7 Å². The fraction of sp³-hybridized carbons (Fsp3) is 0.235. The molecule has 8 nitrogen and oxygen atoms in total. The Morgan fingerprint density at radius 1 is 0.767 bits per heavy atom. The highest BCUT2D eigenvalue weighted by atomic mass is 32.2. The number of ether oxygens (including phenoxy) is 1. The molecule has 0 aromatic heterocycles. The second-order valence-corrected chi connectivity index (χ2v) is 12.3. The monoisotopic (exact) mass is 599 g/mol. The van der Waals surface area contributed by atoms with Crippen molar-refractivity contribution >= 4 is 27.5 Å². The number of rotatable bonds is 13. The summed E-state index contributed by atoms with van der Waals surface area (Å²) in [5.74, 6) is -0.313. The molecule has 1 atom stereocenters. The Balaban J connectivity index is 1.77. The third-order valence-electron chi connectivity index (χ3n) is 6.87. The second kappa shape index (κ2) is 14.5. The van der Waals surface area contributed by atoms with Crippen molar-refractivity contribution in [3.8, 4) is 5.75 Å². The van der Waals surface area contributed by atoms with Crippen LogP contribution in [-0.2, 0) is 32.6 Å². The van der Waals surface area contributed by atoms with Crippen molar-refractivity contribution in [2.45, 2.75) is 43.8 Å². The molecule has 4 aromatic rings. The van der Waals surface area contributed by atoms with E-state index in [1.54, 1.807) is 42.5 Å². The lowest BCUT2D eigenvalue weighted by molar-refractivity contribution is -0.140. The van der Waals surface area contributed by atoms with Gasteiger partial charge in [0, 0.05) is 19.0 Å². The summed E-state index contributed by atoms with van der Waals surface area (Å²) in [7, 11) is -2.67. The molecule has 9 heteroatoms. The van der Waals surface area contributed by atoms with E-state index in [9.17, 15) is 18.0 Å². The van der Waals surface area contributed by atoms with E-state index in [1.165, 1.54) is 24.1 Å². The number of hydrogen-bond acceptors (Lipinski definition) is 5. The van der Waals surface area contributed by atoms with E-state index in [4.69, 9.17) is 4.74 Å². The van der Waals surface area contributed by atoms with Gasteiger partial charge < -0.3 is 15.0 Å². The van der Waals surface area contributed by atoms with Crippen LogP contribution in [0.1, 0.15) is 25.0 Å². The van der Waals surface area contributed by atoms with E-state index in [-0.39, 0.29) is 29.8 Å². The van der Waals surface area contributed by atoms with Gasteiger partial charge in [0.05, 0.1) is 17.7 Å². The Morgan fingerprint density at radius 2 is 1.30 bits per heavy atom. The number of hydrogen-bond donors (Lipinski definition) is 1. The quantitative estimate of drug-likeness (QED) is 0.232.